The van der Waals surface area contributed by atoms with Gasteiger partial charge in [-0.3, -0.25) is 11.7 Å². The van der Waals surface area contributed by atoms with Gasteiger partial charge in [-0.1, -0.05) is 0 Å². The zero-order valence-corrected chi connectivity index (χ0v) is 4.76. The van der Waals surface area contributed by atoms with Crippen LogP contribution >= 0.6 is 0 Å². The molecule has 4 N–H and O–H groups in total. The Balaban J connectivity index is 3.14. The Morgan fingerprint density at radius 2 is 1.86 bits per heavy atom. The van der Waals surface area contributed by atoms with Crippen molar-refractivity contribution in [2.24, 2.45) is 11.7 Å². The van der Waals surface area contributed by atoms with Crippen LogP contribution in [0.5, 0.6) is 0 Å². The molecule has 0 aliphatic rings. The Bertz CT molecular complexity index is 44.2. The van der Waals surface area contributed by atoms with Crippen LogP contribution in [0.3, 0.4) is 0 Å². The minimum atomic E-state index is 0.729. The molecule has 0 spiro atoms. The van der Waals surface area contributed by atoms with Gasteiger partial charge in [0.1, 0.15) is 0 Å². The van der Waals surface area contributed by atoms with Crippen LogP contribution in [-0.2, 0) is 0 Å². The summed E-state index contributed by atoms with van der Waals surface area (Å²) < 4.78 is 0. The summed E-state index contributed by atoms with van der Waals surface area (Å²) in [5.41, 5.74) is 0. The molecule has 7 heavy (non-hydrogen) atoms. The molecule has 0 saturated carbocycles. The zero-order valence-electron chi connectivity index (χ0n) is 4.76. The number of hydrogen-bond acceptors (Lipinski definition) is 4. The first-order chi connectivity index (χ1) is 3.18. The molecule has 0 amide bonds. The third-order valence-electron chi connectivity index (χ3n) is 0.729. The molecule has 0 aliphatic heterocycles. The van der Waals surface area contributed by atoms with Gasteiger partial charge in [-0.15, -0.1) is 0 Å². The Morgan fingerprint density at radius 3 is 1.86 bits per heavy atom. The normalized spacial score (nSPS) is 11.1. The first-order valence-electron chi connectivity index (χ1n) is 2.19. The predicted molar refractivity (Wildman–Crippen MR) is 28.5 cm³/mol. The quantitative estimate of drug-likeness (QED) is 0.345. The Morgan fingerprint density at radius 1 is 1.43 bits per heavy atom. The molecule has 4 heteroatoms. The SMILES string of the molecule is CCN(N)N(C)N. The van der Waals surface area contributed by atoms with Gasteiger partial charge in [0.2, 0.25) is 0 Å². The summed E-state index contributed by atoms with van der Waals surface area (Å²) in [7, 11) is 1.68. The van der Waals surface area contributed by atoms with Crippen LogP contribution in [0.1, 0.15) is 6.92 Å². The fraction of sp³-hybridized carbons (Fsp3) is 1.00. The van der Waals surface area contributed by atoms with Gasteiger partial charge in [-0.05, 0) is 6.92 Å². The number of rotatable bonds is 2. The van der Waals surface area contributed by atoms with Crippen molar-refractivity contribution >= 4 is 0 Å². The maximum atomic E-state index is 5.25. The Kier molecular flexibility index (Phi) is 2.86. The number of nitrogens with zero attached hydrogens (tertiary/aromatic N) is 2. The summed E-state index contributed by atoms with van der Waals surface area (Å²) in [6.45, 7) is 2.65. The number of hydrazine groups is 3. The number of hydrogen-bond donors (Lipinski definition) is 2. The molecule has 0 aromatic rings. The van der Waals surface area contributed by atoms with E-state index in [1.165, 1.54) is 10.2 Å². The molecule has 0 heterocycles. The van der Waals surface area contributed by atoms with E-state index in [9.17, 15) is 0 Å². The van der Waals surface area contributed by atoms with Crippen LogP contribution in [0, 0.1) is 0 Å². The molecule has 0 fully saturated rings. The van der Waals surface area contributed by atoms with Crippen LogP contribution < -0.4 is 11.7 Å². The van der Waals surface area contributed by atoms with Crippen LogP contribution in [-0.4, -0.2) is 23.8 Å². The van der Waals surface area contributed by atoms with Crippen LogP contribution in [0.15, 0.2) is 0 Å². The third-order valence-corrected chi connectivity index (χ3v) is 0.729. The molecule has 4 nitrogen and oxygen atoms in total. The molecular weight excluding hydrogens is 92.1 g/mol. The van der Waals surface area contributed by atoms with Crippen molar-refractivity contribution in [3.05, 3.63) is 0 Å². The largest absolute Gasteiger partial charge is 0.254 e. The van der Waals surface area contributed by atoms with E-state index >= 15 is 0 Å². The second-order valence-electron chi connectivity index (χ2n) is 1.33. The molecule has 44 valence electrons. The van der Waals surface area contributed by atoms with Gasteiger partial charge in [-0.2, -0.15) is 10.2 Å². The standard InChI is InChI=1S/C3H12N4/c1-3-7(5)6(2)4/h3-5H2,1-2H3. The molecule has 0 rings (SSSR count). The molecule has 0 saturated heterocycles. The van der Waals surface area contributed by atoms with Crippen LogP contribution in [0.2, 0.25) is 0 Å². The van der Waals surface area contributed by atoms with Crippen molar-refractivity contribution in [1.29, 1.82) is 0 Å². The molecule has 0 bridgehead atoms. The van der Waals surface area contributed by atoms with Crippen molar-refractivity contribution in [1.82, 2.24) is 10.2 Å². The van der Waals surface area contributed by atoms with E-state index in [2.05, 4.69) is 0 Å². The third kappa shape index (κ3) is 2.52. The fourth-order valence-electron chi connectivity index (χ4n) is 0.223. The van der Waals surface area contributed by atoms with E-state index in [1.54, 1.807) is 7.05 Å². The van der Waals surface area contributed by atoms with Crippen molar-refractivity contribution in [3.8, 4) is 0 Å². The van der Waals surface area contributed by atoms with Gasteiger partial charge >= 0.3 is 0 Å². The smallest absolute Gasteiger partial charge is 0.0273 e. The summed E-state index contributed by atoms with van der Waals surface area (Å²) in [6, 6.07) is 0. The summed E-state index contributed by atoms with van der Waals surface area (Å²) in [4.78, 5) is 0. The van der Waals surface area contributed by atoms with Crippen molar-refractivity contribution in [2.45, 2.75) is 6.92 Å². The molecule has 0 aliphatic carbocycles. The molecule has 0 radical (unpaired) electrons. The lowest BCUT2D eigenvalue weighted by Crippen LogP contribution is -2.48. The average molecular weight is 104 g/mol. The van der Waals surface area contributed by atoms with Crippen molar-refractivity contribution in [3.63, 3.8) is 0 Å². The highest BCUT2D eigenvalue weighted by molar-refractivity contribution is 4.25. The maximum absolute atomic E-state index is 5.25. The monoisotopic (exact) mass is 104 g/mol. The van der Waals surface area contributed by atoms with E-state index in [1.807, 2.05) is 6.92 Å². The highest BCUT2D eigenvalue weighted by Gasteiger charge is 1.92. The molecule has 0 aromatic heterocycles. The summed E-state index contributed by atoms with van der Waals surface area (Å²) in [5.74, 6) is 10.4. The number of nitrogens with two attached hydrogens (primary N) is 2. The van der Waals surface area contributed by atoms with Gasteiger partial charge < -0.3 is 0 Å². The lowest BCUT2D eigenvalue weighted by molar-refractivity contribution is 0.00275. The summed E-state index contributed by atoms with van der Waals surface area (Å²) >= 11 is 0. The topological polar surface area (TPSA) is 58.5 Å². The molecular formula is C3H12N4. The average Bonchev–Trinajstić information content (AvgIpc) is 1.65. The lowest BCUT2D eigenvalue weighted by atomic mass is 10.8. The lowest BCUT2D eigenvalue weighted by Gasteiger charge is -2.19. The maximum Gasteiger partial charge on any atom is 0.0273 e. The van der Waals surface area contributed by atoms with E-state index in [0.717, 1.165) is 6.54 Å². The second kappa shape index (κ2) is 2.92. The fourth-order valence-corrected chi connectivity index (χ4v) is 0.223. The van der Waals surface area contributed by atoms with Gasteiger partial charge in [0.15, 0.2) is 0 Å². The zero-order chi connectivity index (χ0) is 5.86. The Hall–Kier alpha value is -0.160. The van der Waals surface area contributed by atoms with Crippen LogP contribution in [0.25, 0.3) is 0 Å². The second-order valence-corrected chi connectivity index (χ2v) is 1.33. The highest BCUT2D eigenvalue weighted by atomic mass is 15.8. The van der Waals surface area contributed by atoms with Gasteiger partial charge in [0.05, 0.1) is 0 Å². The molecule has 0 atom stereocenters. The van der Waals surface area contributed by atoms with Gasteiger partial charge in [0, 0.05) is 13.6 Å². The molecule has 0 aromatic carbocycles. The van der Waals surface area contributed by atoms with Crippen molar-refractivity contribution in [2.75, 3.05) is 13.6 Å². The summed E-state index contributed by atoms with van der Waals surface area (Å²) in [6.07, 6.45) is 0. The first-order valence-corrected chi connectivity index (χ1v) is 2.19. The minimum absolute atomic E-state index is 0.729. The van der Waals surface area contributed by atoms with E-state index < -0.39 is 0 Å². The summed E-state index contributed by atoms with van der Waals surface area (Å²) in [5, 5.41) is 2.74. The van der Waals surface area contributed by atoms with Gasteiger partial charge in [0.25, 0.3) is 0 Å². The predicted octanol–water partition coefficient (Wildman–Crippen LogP) is -1.10. The van der Waals surface area contributed by atoms with E-state index in [4.69, 9.17) is 11.7 Å². The van der Waals surface area contributed by atoms with E-state index in [-0.39, 0.29) is 0 Å². The van der Waals surface area contributed by atoms with Gasteiger partial charge in [-0.25, -0.2) is 0 Å². The molecule has 0 unspecified atom stereocenters. The van der Waals surface area contributed by atoms with Crippen LogP contribution in [0.4, 0.5) is 0 Å². The Labute approximate surface area is 43.6 Å². The minimum Gasteiger partial charge on any atom is -0.254 e. The van der Waals surface area contributed by atoms with Crippen molar-refractivity contribution < 1.29 is 0 Å². The first kappa shape index (κ1) is 6.84. The van der Waals surface area contributed by atoms with E-state index in [0.29, 0.717) is 0 Å². The highest BCUT2D eigenvalue weighted by Crippen LogP contribution is 1.71.